The van der Waals surface area contributed by atoms with E-state index in [-0.39, 0.29) is 30.8 Å². The molecule has 0 saturated carbocycles. The molecule has 1 aromatic carbocycles. The molecule has 0 atom stereocenters. The molecule has 2 N–H and O–H groups in total. The zero-order valence-corrected chi connectivity index (χ0v) is 13.6. The summed E-state index contributed by atoms with van der Waals surface area (Å²) in [6.45, 7) is 1.84. The Morgan fingerprint density at radius 1 is 1.22 bits per heavy atom. The monoisotopic (exact) mass is 336 g/mol. The highest BCUT2D eigenvalue weighted by molar-refractivity contribution is 6.33. The van der Waals surface area contributed by atoms with Gasteiger partial charge in [-0.05, 0) is 26.1 Å². The van der Waals surface area contributed by atoms with Gasteiger partial charge in [-0.3, -0.25) is 19.8 Å². The van der Waals surface area contributed by atoms with Crippen molar-refractivity contribution in [3.05, 3.63) is 41.0 Å². The van der Waals surface area contributed by atoms with Crippen LogP contribution in [0.25, 0.3) is 0 Å². The quantitative estimate of drug-likeness (QED) is 0.844. The van der Waals surface area contributed by atoms with Crippen molar-refractivity contribution < 1.29 is 14.1 Å². The van der Waals surface area contributed by atoms with E-state index in [0.717, 1.165) is 0 Å². The summed E-state index contributed by atoms with van der Waals surface area (Å²) in [6.07, 6.45) is 0. The molecule has 2 rings (SSSR count). The third-order valence-electron chi connectivity index (χ3n) is 2.87. The van der Waals surface area contributed by atoms with Gasteiger partial charge in [-0.2, -0.15) is 0 Å². The third kappa shape index (κ3) is 5.39. The molecule has 8 heteroatoms. The topological polar surface area (TPSA) is 87.5 Å². The molecule has 0 aliphatic heterocycles. The molecule has 122 valence electrons. The number of hydrogen-bond acceptors (Lipinski definition) is 5. The number of para-hydroxylation sites is 1. The van der Waals surface area contributed by atoms with E-state index >= 15 is 0 Å². The van der Waals surface area contributed by atoms with E-state index < -0.39 is 0 Å². The molecule has 0 unspecified atom stereocenters. The summed E-state index contributed by atoms with van der Waals surface area (Å²) in [4.78, 5) is 25.4. The molecule has 2 amide bonds. The summed E-state index contributed by atoms with van der Waals surface area (Å²) in [7, 11) is 1.66. The fourth-order valence-corrected chi connectivity index (χ4v) is 2.08. The average molecular weight is 337 g/mol. The van der Waals surface area contributed by atoms with Crippen molar-refractivity contribution >= 4 is 35.0 Å². The van der Waals surface area contributed by atoms with Gasteiger partial charge in [-0.15, -0.1) is 0 Å². The molecule has 0 aliphatic carbocycles. The van der Waals surface area contributed by atoms with E-state index in [9.17, 15) is 9.59 Å². The third-order valence-corrected chi connectivity index (χ3v) is 3.20. The minimum absolute atomic E-state index is 0.0374. The van der Waals surface area contributed by atoms with Crippen LogP contribution in [0.2, 0.25) is 5.02 Å². The molecule has 1 heterocycles. The number of nitrogens with one attached hydrogen (secondary N) is 2. The lowest BCUT2D eigenvalue weighted by molar-refractivity contribution is -0.119. The molecule has 0 spiro atoms. The Morgan fingerprint density at radius 2 is 1.87 bits per heavy atom. The number of likely N-dealkylation sites (N-methyl/N-ethyl adjacent to an activating group) is 1. The number of carbonyl (C=O) groups is 2. The average Bonchev–Trinajstić information content (AvgIpc) is 2.86. The van der Waals surface area contributed by atoms with Gasteiger partial charge in [0.1, 0.15) is 0 Å². The van der Waals surface area contributed by atoms with Gasteiger partial charge in [0.15, 0.2) is 0 Å². The number of aryl methyl sites for hydroxylation is 1. The Labute approximate surface area is 138 Å². The van der Waals surface area contributed by atoms with Gasteiger partial charge in [0.25, 0.3) is 0 Å². The van der Waals surface area contributed by atoms with E-state index in [1.54, 1.807) is 49.2 Å². The minimum atomic E-state index is -0.297. The molecule has 7 nitrogen and oxygen atoms in total. The number of aromatic nitrogens is 1. The van der Waals surface area contributed by atoms with Crippen LogP contribution in [0.4, 0.5) is 11.6 Å². The summed E-state index contributed by atoms with van der Waals surface area (Å²) >= 11 is 5.97. The lowest BCUT2D eigenvalue weighted by Gasteiger charge is -2.15. The van der Waals surface area contributed by atoms with Crippen molar-refractivity contribution in [1.29, 1.82) is 0 Å². The van der Waals surface area contributed by atoms with E-state index in [0.29, 0.717) is 16.4 Å². The van der Waals surface area contributed by atoms with Gasteiger partial charge in [-0.25, -0.2) is 0 Å². The van der Waals surface area contributed by atoms with Crippen molar-refractivity contribution in [1.82, 2.24) is 10.1 Å². The maximum Gasteiger partial charge on any atom is 0.240 e. The zero-order valence-electron chi connectivity index (χ0n) is 12.8. The SMILES string of the molecule is Cc1cc(NC(=O)CN(C)CC(=O)Nc2ccccc2Cl)on1. The predicted octanol–water partition coefficient (Wildman–Crippen LogP) is 2.15. The van der Waals surface area contributed by atoms with Crippen LogP contribution in [0.3, 0.4) is 0 Å². The summed E-state index contributed by atoms with van der Waals surface area (Å²) in [5, 5.41) is 9.39. The molecule has 0 radical (unpaired) electrons. The largest absolute Gasteiger partial charge is 0.338 e. The molecule has 0 saturated heterocycles. The van der Waals surface area contributed by atoms with Crippen LogP contribution in [0, 0.1) is 6.92 Å². The van der Waals surface area contributed by atoms with Crippen LogP contribution in [0.5, 0.6) is 0 Å². The summed E-state index contributed by atoms with van der Waals surface area (Å²) in [5.74, 6) is -0.278. The molecular weight excluding hydrogens is 320 g/mol. The van der Waals surface area contributed by atoms with E-state index in [1.165, 1.54) is 0 Å². The molecule has 2 aromatic rings. The van der Waals surface area contributed by atoms with E-state index in [1.807, 2.05) is 0 Å². The molecule has 0 fully saturated rings. The highest BCUT2D eigenvalue weighted by Gasteiger charge is 2.13. The molecule has 23 heavy (non-hydrogen) atoms. The van der Waals surface area contributed by atoms with Gasteiger partial charge in [-0.1, -0.05) is 28.9 Å². The fraction of sp³-hybridized carbons (Fsp3) is 0.267. The first-order valence-corrected chi connectivity index (χ1v) is 7.28. The van der Waals surface area contributed by atoms with Gasteiger partial charge >= 0.3 is 0 Å². The minimum Gasteiger partial charge on any atom is -0.338 e. The first-order valence-electron chi connectivity index (χ1n) is 6.90. The second kappa shape index (κ2) is 7.75. The lowest BCUT2D eigenvalue weighted by Crippen LogP contribution is -2.36. The number of hydrogen-bond donors (Lipinski definition) is 2. The van der Waals surface area contributed by atoms with Crippen molar-refractivity contribution in [3.63, 3.8) is 0 Å². The van der Waals surface area contributed by atoms with Crippen LogP contribution < -0.4 is 10.6 Å². The number of rotatable bonds is 6. The van der Waals surface area contributed by atoms with E-state index in [2.05, 4.69) is 15.8 Å². The Balaban J connectivity index is 1.79. The number of anilines is 2. The molecular formula is C15H17ClN4O3. The highest BCUT2D eigenvalue weighted by atomic mass is 35.5. The van der Waals surface area contributed by atoms with Crippen LogP contribution >= 0.6 is 11.6 Å². The summed E-state index contributed by atoms with van der Waals surface area (Å²) in [6, 6.07) is 8.56. The maximum absolute atomic E-state index is 11.9. The van der Waals surface area contributed by atoms with E-state index in [4.69, 9.17) is 16.1 Å². The van der Waals surface area contributed by atoms with Gasteiger partial charge in [0.2, 0.25) is 17.7 Å². The van der Waals surface area contributed by atoms with Crippen LogP contribution in [0.1, 0.15) is 5.69 Å². The molecule has 1 aromatic heterocycles. The zero-order chi connectivity index (χ0) is 16.8. The predicted molar refractivity (Wildman–Crippen MR) is 87.4 cm³/mol. The standard InChI is InChI=1S/C15H17ClN4O3/c1-10-7-15(23-19-10)18-14(22)9-20(2)8-13(21)17-12-6-4-3-5-11(12)16/h3-7H,8-9H2,1-2H3,(H,17,21)(H,18,22). The first-order chi connectivity index (χ1) is 10.9. The fourth-order valence-electron chi connectivity index (χ4n) is 1.90. The number of nitrogens with zero attached hydrogens (tertiary/aromatic N) is 2. The Morgan fingerprint density at radius 3 is 2.48 bits per heavy atom. The summed E-state index contributed by atoms with van der Waals surface area (Å²) < 4.78 is 4.90. The maximum atomic E-state index is 11.9. The molecule has 0 bridgehead atoms. The second-order valence-electron chi connectivity index (χ2n) is 5.08. The normalized spacial score (nSPS) is 10.6. The number of halogens is 1. The van der Waals surface area contributed by atoms with Gasteiger partial charge in [0.05, 0.1) is 29.5 Å². The second-order valence-corrected chi connectivity index (χ2v) is 5.49. The first kappa shape index (κ1) is 17.0. The van der Waals surface area contributed by atoms with Gasteiger partial charge in [0, 0.05) is 6.07 Å². The van der Waals surface area contributed by atoms with Crippen LogP contribution in [-0.4, -0.2) is 42.0 Å². The highest BCUT2D eigenvalue weighted by Crippen LogP contribution is 2.20. The van der Waals surface area contributed by atoms with Gasteiger partial charge < -0.3 is 9.84 Å². The smallest absolute Gasteiger partial charge is 0.240 e. The van der Waals surface area contributed by atoms with Crippen LogP contribution in [0.15, 0.2) is 34.9 Å². The summed E-state index contributed by atoms with van der Waals surface area (Å²) in [5.41, 5.74) is 1.21. The van der Waals surface area contributed by atoms with Crippen LogP contribution in [-0.2, 0) is 9.59 Å². The number of benzene rings is 1. The Kier molecular flexibility index (Phi) is 5.72. The van der Waals surface area contributed by atoms with Crippen molar-refractivity contribution in [3.8, 4) is 0 Å². The molecule has 0 aliphatic rings. The van der Waals surface area contributed by atoms with Crippen molar-refractivity contribution in [2.24, 2.45) is 0 Å². The van der Waals surface area contributed by atoms with Crippen molar-refractivity contribution in [2.75, 3.05) is 30.8 Å². The number of carbonyl (C=O) groups excluding carboxylic acids is 2. The Bertz CT molecular complexity index is 702. The Hall–Kier alpha value is -2.38. The van der Waals surface area contributed by atoms with Crippen molar-refractivity contribution in [2.45, 2.75) is 6.92 Å². The number of amides is 2. The lowest BCUT2D eigenvalue weighted by atomic mass is 10.3.